The van der Waals surface area contributed by atoms with Crippen LogP contribution >= 0.6 is 0 Å². The number of piperidine rings is 1. The van der Waals surface area contributed by atoms with E-state index in [2.05, 4.69) is 32.0 Å². The van der Waals surface area contributed by atoms with E-state index >= 15 is 0 Å². The van der Waals surface area contributed by atoms with E-state index in [1.807, 2.05) is 18.3 Å². The first kappa shape index (κ1) is 25.8. The molecule has 8 nitrogen and oxygen atoms in total. The molecule has 3 aromatic rings. The normalized spacial score (nSPS) is 20.4. The second-order valence-electron chi connectivity index (χ2n) is 9.40. The summed E-state index contributed by atoms with van der Waals surface area (Å²) in [5, 5.41) is 14.1. The topological polar surface area (TPSA) is 104 Å². The number of hydrogen-bond acceptors (Lipinski definition) is 6. The molecule has 1 saturated carbocycles. The number of anilines is 1. The van der Waals surface area contributed by atoms with Gasteiger partial charge >= 0.3 is 0 Å². The number of carboxylic acid groups (broad SMARTS) is 1. The van der Waals surface area contributed by atoms with Crippen LogP contribution < -0.4 is 4.90 Å². The molecule has 0 radical (unpaired) electrons. The largest absolute Gasteiger partial charge is 0.483 e. The van der Waals surface area contributed by atoms with Gasteiger partial charge in [-0.3, -0.25) is 9.89 Å². The Labute approximate surface area is 210 Å². The van der Waals surface area contributed by atoms with Gasteiger partial charge in [-0.1, -0.05) is 25.5 Å². The number of ether oxygens (including phenoxy) is 1. The van der Waals surface area contributed by atoms with Crippen molar-refractivity contribution in [3.63, 3.8) is 0 Å². The summed E-state index contributed by atoms with van der Waals surface area (Å²) in [6.45, 7) is 3.98. The molecule has 0 amide bonds. The number of hydrogen-bond donors (Lipinski definition) is 2. The van der Waals surface area contributed by atoms with Crippen molar-refractivity contribution in [3.8, 4) is 22.8 Å². The molecule has 5 rings (SSSR count). The highest BCUT2D eigenvalue weighted by Gasteiger charge is 2.26. The van der Waals surface area contributed by atoms with Crippen molar-refractivity contribution in [2.24, 2.45) is 5.92 Å². The van der Waals surface area contributed by atoms with Gasteiger partial charge in [-0.05, 0) is 68.7 Å². The molecule has 192 valence electrons. The summed E-state index contributed by atoms with van der Waals surface area (Å²) in [5.74, 6) is 2.68. The zero-order valence-corrected chi connectivity index (χ0v) is 20.6. The van der Waals surface area contributed by atoms with Gasteiger partial charge in [-0.15, -0.1) is 0 Å². The first-order chi connectivity index (χ1) is 17.6. The van der Waals surface area contributed by atoms with Gasteiger partial charge in [-0.2, -0.15) is 5.10 Å². The summed E-state index contributed by atoms with van der Waals surface area (Å²) < 4.78 is 19.9. The molecule has 0 bridgehead atoms. The molecule has 0 atom stereocenters. The van der Waals surface area contributed by atoms with Gasteiger partial charge in [0.15, 0.2) is 11.6 Å². The molecule has 36 heavy (non-hydrogen) atoms. The number of nitrogens with one attached hydrogen (secondary N) is 1. The van der Waals surface area contributed by atoms with Crippen LogP contribution in [0, 0.1) is 11.7 Å². The van der Waals surface area contributed by atoms with Crippen LogP contribution in [-0.2, 0) is 9.53 Å². The summed E-state index contributed by atoms with van der Waals surface area (Å²) >= 11 is 0. The lowest BCUT2D eigenvalue weighted by molar-refractivity contribution is -0.122. The van der Waals surface area contributed by atoms with E-state index in [0.717, 1.165) is 43.2 Å². The Bertz CT molecular complexity index is 1090. The Hall–Kier alpha value is -3.33. The molecular formula is C27H34FN5O3. The van der Waals surface area contributed by atoms with Gasteiger partial charge in [0.1, 0.15) is 11.6 Å². The van der Waals surface area contributed by atoms with Gasteiger partial charge in [0, 0.05) is 30.4 Å². The zero-order chi connectivity index (χ0) is 25.3. The third kappa shape index (κ3) is 6.66. The first-order valence-electron chi connectivity index (χ1n) is 12.7. The number of pyridine rings is 1. The number of benzene rings is 1. The predicted octanol–water partition coefficient (Wildman–Crippen LogP) is 5.33. The van der Waals surface area contributed by atoms with E-state index in [-0.39, 0.29) is 12.3 Å². The van der Waals surface area contributed by atoms with E-state index in [1.165, 1.54) is 44.2 Å². The van der Waals surface area contributed by atoms with Crippen LogP contribution in [0.5, 0.6) is 0 Å². The van der Waals surface area contributed by atoms with Crippen molar-refractivity contribution >= 4 is 12.3 Å². The number of carbonyl (C=O) groups is 1. The molecule has 2 aromatic heterocycles. The minimum absolute atomic E-state index is 0.250. The lowest BCUT2D eigenvalue weighted by atomic mass is 9.85. The highest BCUT2D eigenvalue weighted by Crippen LogP contribution is 2.31. The monoisotopic (exact) mass is 495 g/mol. The predicted molar refractivity (Wildman–Crippen MR) is 136 cm³/mol. The molecule has 2 fully saturated rings. The van der Waals surface area contributed by atoms with Crippen LogP contribution in [0.1, 0.15) is 51.9 Å². The van der Waals surface area contributed by atoms with Gasteiger partial charge < -0.3 is 14.7 Å². The van der Waals surface area contributed by atoms with Crippen molar-refractivity contribution in [2.45, 2.75) is 64.1 Å². The Morgan fingerprint density at radius 3 is 2.44 bits per heavy atom. The number of nitrogens with zero attached hydrogens (tertiary/aromatic N) is 4. The molecule has 1 aliphatic heterocycles. The summed E-state index contributed by atoms with van der Waals surface area (Å²) in [6, 6.07) is 10.3. The van der Waals surface area contributed by atoms with Crippen molar-refractivity contribution in [1.29, 1.82) is 0 Å². The highest BCUT2D eigenvalue weighted by molar-refractivity contribution is 5.61. The van der Waals surface area contributed by atoms with Crippen molar-refractivity contribution in [1.82, 2.24) is 20.2 Å². The summed E-state index contributed by atoms with van der Waals surface area (Å²) in [6.07, 6.45) is 11.1. The van der Waals surface area contributed by atoms with E-state index in [4.69, 9.17) is 14.6 Å². The molecule has 1 aliphatic carbocycles. The fourth-order valence-electron chi connectivity index (χ4n) is 5.03. The lowest BCUT2D eigenvalue weighted by Gasteiger charge is -2.36. The van der Waals surface area contributed by atoms with Crippen LogP contribution in [0.25, 0.3) is 22.8 Å². The molecule has 9 heteroatoms. The Morgan fingerprint density at radius 2 is 1.81 bits per heavy atom. The maximum atomic E-state index is 13.5. The van der Waals surface area contributed by atoms with Crippen LogP contribution in [0.2, 0.25) is 0 Å². The van der Waals surface area contributed by atoms with E-state index in [0.29, 0.717) is 29.4 Å². The smallest absolute Gasteiger partial charge is 0.290 e. The van der Waals surface area contributed by atoms with E-state index in [9.17, 15) is 4.39 Å². The Kier molecular flexibility index (Phi) is 9.00. The number of halogens is 1. The van der Waals surface area contributed by atoms with E-state index in [1.54, 1.807) is 12.1 Å². The molecule has 2 aliphatic rings. The Morgan fingerprint density at radius 1 is 1.08 bits per heavy atom. The van der Waals surface area contributed by atoms with E-state index < -0.39 is 0 Å². The number of aromatic amines is 1. The van der Waals surface area contributed by atoms with Gasteiger partial charge in [0.05, 0.1) is 12.2 Å². The minimum Gasteiger partial charge on any atom is -0.483 e. The average Bonchev–Trinajstić information content (AvgIpc) is 3.41. The van der Waals surface area contributed by atoms with Gasteiger partial charge in [-0.25, -0.2) is 14.4 Å². The summed E-state index contributed by atoms with van der Waals surface area (Å²) in [5.41, 5.74) is 1.50. The summed E-state index contributed by atoms with van der Waals surface area (Å²) in [7, 11) is 0. The molecule has 0 unspecified atom stereocenters. The first-order valence-corrected chi connectivity index (χ1v) is 12.7. The van der Waals surface area contributed by atoms with Gasteiger partial charge in [0.2, 0.25) is 0 Å². The number of rotatable bonds is 6. The molecule has 2 N–H and O–H groups in total. The quantitative estimate of drug-likeness (QED) is 0.446. The molecule has 0 spiro atoms. The fraction of sp³-hybridized carbons (Fsp3) is 0.481. The second-order valence-corrected chi connectivity index (χ2v) is 9.40. The van der Waals surface area contributed by atoms with Crippen LogP contribution in [0.4, 0.5) is 10.2 Å². The zero-order valence-electron chi connectivity index (χ0n) is 20.6. The third-order valence-electron chi connectivity index (χ3n) is 7.11. The maximum absolute atomic E-state index is 13.5. The molecule has 1 saturated heterocycles. The lowest BCUT2D eigenvalue weighted by Crippen LogP contribution is -2.39. The maximum Gasteiger partial charge on any atom is 0.290 e. The number of H-pyrrole nitrogens is 1. The second kappa shape index (κ2) is 12.6. The third-order valence-corrected chi connectivity index (χ3v) is 7.11. The van der Waals surface area contributed by atoms with Crippen LogP contribution in [-0.4, -0.2) is 57.0 Å². The SMILES string of the molecule is CCC1CCC(OC2CCN(c3ccc(-c4n[nH]c(-c5cccc(F)c5)n4)cn3)CC2)CC1.O=CO. The number of aromatic nitrogens is 4. The molecule has 1 aromatic carbocycles. The average molecular weight is 496 g/mol. The van der Waals surface area contributed by atoms with Crippen LogP contribution in [0.3, 0.4) is 0 Å². The molecule has 3 heterocycles. The van der Waals surface area contributed by atoms with Crippen molar-refractivity contribution in [3.05, 3.63) is 48.4 Å². The van der Waals surface area contributed by atoms with Crippen molar-refractivity contribution < 1.29 is 19.0 Å². The molecular weight excluding hydrogens is 461 g/mol. The minimum atomic E-state index is -0.297. The van der Waals surface area contributed by atoms with Gasteiger partial charge in [0.25, 0.3) is 6.47 Å². The van der Waals surface area contributed by atoms with Crippen LogP contribution in [0.15, 0.2) is 42.6 Å². The summed E-state index contributed by atoms with van der Waals surface area (Å²) in [4.78, 5) is 19.9. The van der Waals surface area contributed by atoms with Crippen molar-refractivity contribution in [2.75, 3.05) is 18.0 Å². The standard InChI is InChI=1S/C26H32FN5O.CH2O2/c1-2-18-6-9-22(10-7-18)33-23-12-14-32(15-13-23)24-11-8-20(17-28-24)26-29-25(30-31-26)19-4-3-5-21(27)16-19;2-1-3/h3-5,8,11,16-18,22-23H,2,6-7,9-10,12-15H2,1H3,(H,29,30,31);1H,(H,2,3). The fourth-order valence-corrected chi connectivity index (χ4v) is 5.03. The Balaban J connectivity index is 0.000000967. The highest BCUT2D eigenvalue weighted by atomic mass is 19.1.